The van der Waals surface area contributed by atoms with Gasteiger partial charge in [0.05, 0.1) is 12.5 Å². The molecule has 1 fully saturated rings. The van der Waals surface area contributed by atoms with E-state index in [1.165, 1.54) is 4.90 Å². The second-order valence-corrected chi connectivity index (χ2v) is 5.05. The highest BCUT2D eigenvalue weighted by molar-refractivity contribution is 5.76. The van der Waals surface area contributed by atoms with Gasteiger partial charge in [0.15, 0.2) is 0 Å². The van der Waals surface area contributed by atoms with Gasteiger partial charge in [-0.25, -0.2) is 4.79 Å². The zero-order chi connectivity index (χ0) is 14.3. The Hall–Kier alpha value is -1.30. The van der Waals surface area contributed by atoms with E-state index in [9.17, 15) is 14.7 Å². The summed E-state index contributed by atoms with van der Waals surface area (Å²) in [5.74, 6) is -1.28. The number of carboxylic acid groups (broad SMARTS) is 1. The van der Waals surface area contributed by atoms with Crippen molar-refractivity contribution in [2.45, 2.75) is 38.1 Å². The first-order valence-electron chi connectivity index (χ1n) is 6.79. The number of likely N-dealkylation sites (N-methyl/N-ethyl adjacent to an activating group) is 1. The van der Waals surface area contributed by atoms with Gasteiger partial charge in [-0.05, 0) is 12.8 Å². The molecule has 1 aliphatic carbocycles. The van der Waals surface area contributed by atoms with Crippen molar-refractivity contribution in [1.82, 2.24) is 10.2 Å². The maximum Gasteiger partial charge on any atom is 0.317 e. The Morgan fingerprint density at radius 2 is 2.00 bits per heavy atom. The molecule has 0 spiro atoms. The van der Waals surface area contributed by atoms with E-state index in [0.29, 0.717) is 19.6 Å². The van der Waals surface area contributed by atoms with Crippen molar-refractivity contribution in [1.29, 1.82) is 0 Å². The number of ether oxygens (including phenoxy) is 1. The summed E-state index contributed by atoms with van der Waals surface area (Å²) < 4.78 is 4.92. The van der Waals surface area contributed by atoms with Crippen molar-refractivity contribution in [2.24, 2.45) is 5.92 Å². The third-order valence-corrected chi connectivity index (χ3v) is 3.62. The van der Waals surface area contributed by atoms with E-state index >= 15 is 0 Å². The minimum absolute atomic E-state index is 0.227. The van der Waals surface area contributed by atoms with Crippen LogP contribution in [0, 0.1) is 5.92 Å². The van der Waals surface area contributed by atoms with Gasteiger partial charge in [-0.15, -0.1) is 0 Å². The van der Waals surface area contributed by atoms with E-state index in [2.05, 4.69) is 5.32 Å². The first-order valence-corrected chi connectivity index (χ1v) is 6.79. The number of amides is 2. The maximum absolute atomic E-state index is 12.0. The molecule has 0 radical (unpaired) electrons. The van der Waals surface area contributed by atoms with Gasteiger partial charge in [0.25, 0.3) is 0 Å². The summed E-state index contributed by atoms with van der Waals surface area (Å²) in [5, 5.41) is 12.1. The number of aliphatic carboxylic acids is 1. The minimum Gasteiger partial charge on any atom is -0.481 e. The molecular formula is C13H24N2O4. The molecule has 6 nitrogen and oxygen atoms in total. The van der Waals surface area contributed by atoms with E-state index in [1.54, 1.807) is 14.2 Å². The molecular weight excluding hydrogens is 248 g/mol. The number of urea groups is 1. The average Bonchev–Trinajstić information content (AvgIpc) is 2.61. The topological polar surface area (TPSA) is 78.9 Å². The smallest absolute Gasteiger partial charge is 0.317 e. The van der Waals surface area contributed by atoms with Crippen LogP contribution in [0.2, 0.25) is 0 Å². The Balaban J connectivity index is 2.55. The fourth-order valence-corrected chi connectivity index (χ4v) is 2.37. The predicted octanol–water partition coefficient (Wildman–Crippen LogP) is 1.31. The fraction of sp³-hybridized carbons (Fsp3) is 0.846. The third-order valence-electron chi connectivity index (χ3n) is 3.62. The Morgan fingerprint density at radius 1 is 1.32 bits per heavy atom. The molecule has 0 aromatic heterocycles. The van der Waals surface area contributed by atoms with E-state index < -0.39 is 11.9 Å². The molecule has 0 aromatic carbocycles. The molecule has 2 unspecified atom stereocenters. The molecule has 19 heavy (non-hydrogen) atoms. The number of nitrogens with one attached hydrogen (secondary N) is 1. The van der Waals surface area contributed by atoms with Crippen LogP contribution in [0.5, 0.6) is 0 Å². The monoisotopic (exact) mass is 272 g/mol. The van der Waals surface area contributed by atoms with Crippen molar-refractivity contribution in [2.75, 3.05) is 27.3 Å². The van der Waals surface area contributed by atoms with Crippen LogP contribution in [0.25, 0.3) is 0 Å². The van der Waals surface area contributed by atoms with Crippen LogP contribution < -0.4 is 5.32 Å². The fourth-order valence-electron chi connectivity index (χ4n) is 2.37. The second kappa shape index (κ2) is 7.99. The van der Waals surface area contributed by atoms with E-state index in [1.807, 2.05) is 0 Å². The number of carboxylic acids is 1. The number of hydrogen-bond acceptors (Lipinski definition) is 3. The minimum atomic E-state index is -0.813. The molecule has 0 heterocycles. The van der Waals surface area contributed by atoms with Crippen LogP contribution in [0.4, 0.5) is 4.79 Å². The van der Waals surface area contributed by atoms with Crippen molar-refractivity contribution < 1.29 is 19.4 Å². The molecule has 1 aliphatic rings. The molecule has 2 atom stereocenters. The molecule has 110 valence electrons. The second-order valence-electron chi connectivity index (χ2n) is 5.05. The zero-order valence-electron chi connectivity index (χ0n) is 11.7. The normalized spacial score (nSPS) is 23.5. The van der Waals surface area contributed by atoms with Gasteiger partial charge in [-0.2, -0.15) is 0 Å². The van der Waals surface area contributed by atoms with Crippen molar-refractivity contribution in [3.63, 3.8) is 0 Å². The molecule has 0 bridgehead atoms. The van der Waals surface area contributed by atoms with Crippen LogP contribution in [-0.4, -0.2) is 55.4 Å². The van der Waals surface area contributed by atoms with Crippen molar-refractivity contribution >= 4 is 12.0 Å². The van der Waals surface area contributed by atoms with Gasteiger partial charge in [0.2, 0.25) is 0 Å². The van der Waals surface area contributed by atoms with Gasteiger partial charge >= 0.3 is 12.0 Å². The van der Waals surface area contributed by atoms with Crippen LogP contribution in [-0.2, 0) is 9.53 Å². The number of methoxy groups -OCH3 is 1. The number of carbonyl (C=O) groups excluding carboxylic acids is 1. The Kier molecular flexibility index (Phi) is 6.62. The van der Waals surface area contributed by atoms with Gasteiger partial charge in [0, 0.05) is 26.7 Å². The van der Waals surface area contributed by atoms with Gasteiger partial charge in [-0.3, -0.25) is 4.79 Å². The summed E-state index contributed by atoms with van der Waals surface area (Å²) in [4.78, 5) is 24.7. The lowest BCUT2D eigenvalue weighted by Gasteiger charge is -2.26. The van der Waals surface area contributed by atoms with E-state index in [-0.39, 0.29) is 12.1 Å². The number of hydrogen-bond donors (Lipinski definition) is 2. The molecule has 2 amide bonds. The Labute approximate surface area is 114 Å². The van der Waals surface area contributed by atoms with Gasteiger partial charge < -0.3 is 20.1 Å². The van der Waals surface area contributed by atoms with E-state index in [0.717, 1.165) is 25.7 Å². The molecule has 0 saturated heterocycles. The summed E-state index contributed by atoms with van der Waals surface area (Å²) in [5.41, 5.74) is 0. The summed E-state index contributed by atoms with van der Waals surface area (Å²) in [6, 6.07) is -0.493. The lowest BCUT2D eigenvalue weighted by atomic mass is 9.95. The van der Waals surface area contributed by atoms with Gasteiger partial charge in [-0.1, -0.05) is 19.3 Å². The Morgan fingerprint density at radius 3 is 2.63 bits per heavy atom. The lowest BCUT2D eigenvalue weighted by Crippen LogP contribution is -2.48. The summed E-state index contributed by atoms with van der Waals surface area (Å²) in [6.45, 7) is 0.962. The quantitative estimate of drug-likeness (QED) is 0.740. The molecule has 6 heteroatoms. The lowest BCUT2D eigenvalue weighted by molar-refractivity contribution is -0.142. The Bertz CT molecular complexity index is 309. The highest BCUT2D eigenvalue weighted by Gasteiger charge is 2.31. The molecule has 0 aromatic rings. The molecule has 1 rings (SSSR count). The number of nitrogens with zero attached hydrogens (tertiary/aromatic N) is 1. The van der Waals surface area contributed by atoms with Crippen LogP contribution in [0.15, 0.2) is 0 Å². The largest absolute Gasteiger partial charge is 0.481 e. The van der Waals surface area contributed by atoms with Gasteiger partial charge in [0.1, 0.15) is 0 Å². The highest BCUT2D eigenvalue weighted by Crippen LogP contribution is 2.23. The number of carbonyl (C=O) groups is 2. The predicted molar refractivity (Wildman–Crippen MR) is 71.0 cm³/mol. The average molecular weight is 272 g/mol. The highest BCUT2D eigenvalue weighted by atomic mass is 16.5. The first kappa shape index (κ1) is 15.8. The maximum atomic E-state index is 12.0. The third kappa shape index (κ3) is 5.06. The number of rotatable bonds is 5. The molecule has 2 N–H and O–H groups in total. The summed E-state index contributed by atoms with van der Waals surface area (Å²) in [7, 11) is 3.26. The zero-order valence-corrected chi connectivity index (χ0v) is 11.7. The summed E-state index contributed by atoms with van der Waals surface area (Å²) in [6.07, 6.45) is 4.30. The van der Waals surface area contributed by atoms with Crippen LogP contribution >= 0.6 is 0 Å². The SMILES string of the molecule is COCCN(C)C(=O)NC1CCCCCC1C(=O)O. The first-order chi connectivity index (χ1) is 9.06. The molecule has 0 aliphatic heterocycles. The summed E-state index contributed by atoms with van der Waals surface area (Å²) >= 11 is 0. The van der Waals surface area contributed by atoms with Crippen molar-refractivity contribution in [3.8, 4) is 0 Å². The van der Waals surface area contributed by atoms with Crippen LogP contribution in [0.1, 0.15) is 32.1 Å². The molecule has 1 saturated carbocycles. The standard InChI is InChI=1S/C13H24N2O4/c1-15(8-9-19-2)13(18)14-11-7-5-3-4-6-10(11)12(16)17/h10-11H,3-9H2,1-2H3,(H,14,18)(H,16,17). The van der Waals surface area contributed by atoms with Crippen molar-refractivity contribution in [3.05, 3.63) is 0 Å². The van der Waals surface area contributed by atoms with Crippen LogP contribution in [0.3, 0.4) is 0 Å². The van der Waals surface area contributed by atoms with E-state index in [4.69, 9.17) is 4.74 Å².